The molecule has 2 rings (SSSR count). The van der Waals surface area contributed by atoms with Crippen LogP contribution >= 0.6 is 11.6 Å². The highest BCUT2D eigenvalue weighted by Crippen LogP contribution is 2.30. The molecule has 21 heavy (non-hydrogen) atoms. The lowest BCUT2D eigenvalue weighted by Crippen LogP contribution is -2.08. The zero-order chi connectivity index (χ0) is 15.4. The van der Waals surface area contributed by atoms with Gasteiger partial charge in [0.15, 0.2) is 5.82 Å². The predicted molar refractivity (Wildman–Crippen MR) is 82.0 cm³/mol. The van der Waals surface area contributed by atoms with Crippen molar-refractivity contribution in [3.63, 3.8) is 0 Å². The maximum atomic E-state index is 9.11. The number of nitriles is 1. The minimum atomic E-state index is 0.0395. The molecule has 1 aromatic heterocycles. The maximum absolute atomic E-state index is 9.11. The summed E-state index contributed by atoms with van der Waals surface area (Å²) in [5, 5.41) is 12.3. The first kappa shape index (κ1) is 15.1. The first-order chi connectivity index (χ1) is 9.99. The Hall–Kier alpha value is -2.32. The Labute approximate surface area is 128 Å². The summed E-state index contributed by atoms with van der Waals surface area (Å²) in [6.07, 6.45) is 1.42. The Balaban J connectivity index is 2.41. The van der Waals surface area contributed by atoms with Crippen molar-refractivity contribution >= 4 is 23.1 Å². The van der Waals surface area contributed by atoms with Gasteiger partial charge in [-0.1, -0.05) is 6.07 Å². The summed E-state index contributed by atoms with van der Waals surface area (Å²) in [7, 11) is 0. The van der Waals surface area contributed by atoms with Crippen molar-refractivity contribution in [2.45, 2.75) is 26.9 Å². The SMILES string of the molecule is Cc1ccc(OC(C)C)c(Nc2nc(Cl)ncc2C#N)c1. The molecule has 0 fully saturated rings. The van der Waals surface area contributed by atoms with E-state index in [1.807, 2.05) is 45.0 Å². The monoisotopic (exact) mass is 302 g/mol. The second-order valence-corrected chi connectivity index (χ2v) is 5.14. The third kappa shape index (κ3) is 3.83. The predicted octanol–water partition coefficient (Wildman–Crippen LogP) is 3.84. The van der Waals surface area contributed by atoms with Gasteiger partial charge in [0.2, 0.25) is 5.28 Å². The van der Waals surface area contributed by atoms with Gasteiger partial charge in [-0.05, 0) is 50.1 Å². The molecular formula is C15H15ClN4O. The van der Waals surface area contributed by atoms with Crippen LogP contribution in [0.15, 0.2) is 24.4 Å². The lowest BCUT2D eigenvalue weighted by Gasteiger charge is -2.16. The zero-order valence-corrected chi connectivity index (χ0v) is 12.8. The molecule has 0 bridgehead atoms. The third-order valence-electron chi connectivity index (χ3n) is 2.63. The fourth-order valence-corrected chi connectivity index (χ4v) is 1.90. The molecule has 0 aliphatic rings. The molecule has 1 heterocycles. The van der Waals surface area contributed by atoms with Crippen molar-refractivity contribution in [3.05, 3.63) is 40.8 Å². The zero-order valence-electron chi connectivity index (χ0n) is 12.0. The van der Waals surface area contributed by atoms with E-state index in [4.69, 9.17) is 21.6 Å². The van der Waals surface area contributed by atoms with Gasteiger partial charge < -0.3 is 10.1 Å². The Morgan fingerprint density at radius 2 is 2.14 bits per heavy atom. The normalized spacial score (nSPS) is 10.3. The first-order valence-electron chi connectivity index (χ1n) is 6.46. The highest BCUT2D eigenvalue weighted by atomic mass is 35.5. The van der Waals surface area contributed by atoms with Crippen molar-refractivity contribution in [1.29, 1.82) is 5.26 Å². The molecule has 0 unspecified atom stereocenters. The fourth-order valence-electron chi connectivity index (χ4n) is 1.76. The summed E-state index contributed by atoms with van der Waals surface area (Å²) in [6.45, 7) is 5.88. The van der Waals surface area contributed by atoms with Crippen molar-refractivity contribution in [1.82, 2.24) is 9.97 Å². The summed E-state index contributed by atoms with van der Waals surface area (Å²) in [4.78, 5) is 7.86. The highest BCUT2D eigenvalue weighted by Gasteiger charge is 2.11. The number of hydrogen-bond donors (Lipinski definition) is 1. The molecule has 0 amide bonds. The lowest BCUT2D eigenvalue weighted by atomic mass is 10.2. The van der Waals surface area contributed by atoms with E-state index in [1.54, 1.807) is 0 Å². The first-order valence-corrected chi connectivity index (χ1v) is 6.84. The van der Waals surface area contributed by atoms with Crippen molar-refractivity contribution in [3.8, 4) is 11.8 Å². The summed E-state index contributed by atoms with van der Waals surface area (Å²) in [6, 6.07) is 7.80. The van der Waals surface area contributed by atoms with Crippen LogP contribution in [0.3, 0.4) is 0 Å². The molecule has 0 spiro atoms. The van der Waals surface area contributed by atoms with Crippen LogP contribution in [0.4, 0.5) is 11.5 Å². The Morgan fingerprint density at radius 3 is 2.81 bits per heavy atom. The minimum absolute atomic E-state index is 0.0395. The van der Waals surface area contributed by atoms with Gasteiger partial charge in [-0.25, -0.2) is 4.98 Å². The molecular weight excluding hydrogens is 288 g/mol. The number of benzene rings is 1. The second kappa shape index (κ2) is 6.42. The van der Waals surface area contributed by atoms with E-state index in [1.165, 1.54) is 6.20 Å². The summed E-state index contributed by atoms with van der Waals surface area (Å²) >= 11 is 5.79. The second-order valence-electron chi connectivity index (χ2n) is 4.80. The van der Waals surface area contributed by atoms with Gasteiger partial charge in [0.25, 0.3) is 0 Å². The number of aryl methyl sites for hydroxylation is 1. The van der Waals surface area contributed by atoms with Crippen LogP contribution in [-0.2, 0) is 0 Å². The van der Waals surface area contributed by atoms with Crippen molar-refractivity contribution < 1.29 is 4.74 Å². The van der Waals surface area contributed by atoms with Crippen LogP contribution in [0.5, 0.6) is 5.75 Å². The Kier molecular flexibility index (Phi) is 4.61. The van der Waals surface area contributed by atoms with Crippen LogP contribution in [0.25, 0.3) is 0 Å². The average Bonchev–Trinajstić information content (AvgIpc) is 2.42. The number of aromatic nitrogens is 2. The van der Waals surface area contributed by atoms with Gasteiger partial charge in [-0.15, -0.1) is 0 Å². The molecule has 108 valence electrons. The number of nitrogens with zero attached hydrogens (tertiary/aromatic N) is 3. The van der Waals surface area contributed by atoms with Crippen LogP contribution in [0.2, 0.25) is 5.28 Å². The maximum Gasteiger partial charge on any atom is 0.224 e. The molecule has 0 saturated carbocycles. The molecule has 0 atom stereocenters. The van der Waals surface area contributed by atoms with Crippen LogP contribution in [-0.4, -0.2) is 16.1 Å². The molecule has 6 heteroatoms. The van der Waals surface area contributed by atoms with Crippen molar-refractivity contribution in [2.24, 2.45) is 0 Å². The molecule has 0 aliphatic carbocycles. The van der Waals surface area contributed by atoms with Crippen LogP contribution < -0.4 is 10.1 Å². The van der Waals surface area contributed by atoms with E-state index in [2.05, 4.69) is 15.3 Å². The van der Waals surface area contributed by atoms with E-state index in [-0.39, 0.29) is 11.4 Å². The molecule has 0 saturated heterocycles. The number of halogens is 1. The van der Waals surface area contributed by atoms with Gasteiger partial charge >= 0.3 is 0 Å². The fraction of sp³-hybridized carbons (Fsp3) is 0.267. The van der Waals surface area contributed by atoms with Gasteiger partial charge in [0, 0.05) is 0 Å². The third-order valence-corrected chi connectivity index (χ3v) is 2.81. The molecule has 1 aromatic carbocycles. The quantitative estimate of drug-likeness (QED) is 0.869. The minimum Gasteiger partial charge on any atom is -0.489 e. The van der Waals surface area contributed by atoms with Crippen LogP contribution in [0, 0.1) is 18.3 Å². The molecule has 0 aliphatic heterocycles. The molecule has 2 aromatic rings. The highest BCUT2D eigenvalue weighted by molar-refractivity contribution is 6.28. The number of ether oxygens (including phenoxy) is 1. The number of rotatable bonds is 4. The van der Waals surface area contributed by atoms with E-state index in [0.29, 0.717) is 17.1 Å². The Bertz CT molecular complexity index is 695. The van der Waals surface area contributed by atoms with E-state index < -0.39 is 0 Å². The average molecular weight is 303 g/mol. The summed E-state index contributed by atoms with van der Waals surface area (Å²) in [5.74, 6) is 1.05. The lowest BCUT2D eigenvalue weighted by molar-refractivity contribution is 0.243. The number of anilines is 2. The summed E-state index contributed by atoms with van der Waals surface area (Å²) in [5.41, 5.74) is 2.11. The van der Waals surface area contributed by atoms with Gasteiger partial charge in [0.1, 0.15) is 17.4 Å². The number of hydrogen-bond acceptors (Lipinski definition) is 5. The number of nitrogens with one attached hydrogen (secondary N) is 1. The van der Waals surface area contributed by atoms with Gasteiger partial charge in [-0.3, -0.25) is 0 Å². The van der Waals surface area contributed by atoms with E-state index in [0.717, 1.165) is 11.3 Å². The topological polar surface area (TPSA) is 70.8 Å². The largest absolute Gasteiger partial charge is 0.489 e. The van der Waals surface area contributed by atoms with Gasteiger partial charge in [0.05, 0.1) is 18.0 Å². The van der Waals surface area contributed by atoms with Crippen LogP contribution in [0.1, 0.15) is 25.0 Å². The molecule has 1 N–H and O–H groups in total. The van der Waals surface area contributed by atoms with E-state index in [9.17, 15) is 0 Å². The Morgan fingerprint density at radius 1 is 1.38 bits per heavy atom. The van der Waals surface area contributed by atoms with Crippen molar-refractivity contribution in [2.75, 3.05) is 5.32 Å². The van der Waals surface area contributed by atoms with Gasteiger partial charge in [-0.2, -0.15) is 10.2 Å². The van der Waals surface area contributed by atoms with E-state index >= 15 is 0 Å². The smallest absolute Gasteiger partial charge is 0.224 e. The standard InChI is InChI=1S/C15H15ClN4O/c1-9(2)21-13-5-4-10(3)6-12(13)19-14-11(7-17)8-18-15(16)20-14/h4-6,8-9H,1-3H3,(H,18,19,20). The summed E-state index contributed by atoms with van der Waals surface area (Å²) < 4.78 is 5.75. The molecule has 0 radical (unpaired) electrons. The molecule has 5 nitrogen and oxygen atoms in total.